The van der Waals surface area contributed by atoms with E-state index in [0.29, 0.717) is 0 Å². The summed E-state index contributed by atoms with van der Waals surface area (Å²) in [6, 6.07) is -15.2. The Hall–Kier alpha value is -6.16. The number of rotatable bonds is 39. The van der Waals surface area contributed by atoms with E-state index in [4.69, 9.17) is 99.5 Å². The van der Waals surface area contributed by atoms with Crippen molar-refractivity contribution < 1.29 is 276 Å². The molecule has 0 spiro atoms. The van der Waals surface area contributed by atoms with Crippen molar-refractivity contribution in [3.8, 4) is 0 Å². The van der Waals surface area contributed by atoms with Crippen LogP contribution in [0.25, 0.3) is 0 Å². The fourth-order valence-corrected chi connectivity index (χ4v) is 19.1. The summed E-state index contributed by atoms with van der Waals surface area (Å²) in [6.45, 7) is -5.55. The summed E-state index contributed by atoms with van der Waals surface area (Å²) >= 11 is 0. The summed E-state index contributed by atoms with van der Waals surface area (Å²) in [6.07, 6.45) is -102. The number of amides is 8. The molecule has 0 aromatic carbocycles. The maximum Gasteiger partial charge on any atom is 0.217 e. The van der Waals surface area contributed by atoms with Crippen LogP contribution in [0, 0.1) is 0 Å². The Bertz CT molecular complexity index is 4190. The molecule has 0 radical (unpaired) electrons. The zero-order valence-electron chi connectivity index (χ0n) is 79.4. The van der Waals surface area contributed by atoms with Crippen LogP contribution in [0.4, 0.5) is 0 Å². The highest BCUT2D eigenvalue weighted by Crippen LogP contribution is 2.43. The Labute approximate surface area is 828 Å². The molecule has 0 aromatic heterocycles. The van der Waals surface area contributed by atoms with Crippen molar-refractivity contribution in [3.63, 3.8) is 0 Å². The Kier molecular flexibility index (Phi) is 43.7. The minimum Gasteiger partial charge on any atom is -0.394 e. The molecule has 64 heteroatoms. The monoisotopic (exact) mass is 2130 g/mol. The van der Waals surface area contributed by atoms with Crippen LogP contribution in [-0.2, 0) is 138 Å². The van der Waals surface area contributed by atoms with Gasteiger partial charge in [0.05, 0.1) is 72.7 Å². The van der Waals surface area contributed by atoms with Gasteiger partial charge in [0, 0.05) is 55.4 Å². The standard InChI is InChI=1S/C82H136N8O56/c1-20(101)83-39-55(117)63(32(13-95)127-72(39)125)138-76-44(88-25(6)106)59(121)67(36(17-99)133-76)143-80-62(124)69(51(113)38(137-80)19-126-81-70(60(122)50(112)31(12-94)131-81)145-78-45(89-26(7)107)57(119)65(34(15-97)134-78)140-74-41(85-22(3)103)53(115)48(110)29(10-92)129-74)144-82-71(146-79-46(90-27(8)108)58(120)66(35(16-98)135-79)141-75-42(86-23(4)104)54(116)49(111)30(11-93)130-75)61(123)68(37(18-100)136-82)142-77-43(87-24(5)105)56(118)64(33(14-96)132-77)139-73-40(84-21(2)102)52(114)47(109)28(9-91)128-73/h28-82,91-100,109-125H,9-19H2,1-8H3,(H,83,101)(H,84,102)(H,85,103)(H,86,104)(H,87,105)(H,88,106)(H,89,107)(H,90,108)/t28-,29-,30-,31-,32-,33-,34-,35-,36-,37-,38-,39-,40-,41-,42-,43-,44-,45-,46-,47+,48+,49+,50-,51-,52-,53-,54-,55-,56-,57-,58-,59-,60+,61+,62+,63-,64-,65-,66-,67-,68-,69+,70+,71+,72-,73+,74+,75+,76+,77+,78+,79+,80+,81+,82-/m1/s1. The van der Waals surface area contributed by atoms with Gasteiger partial charge < -0.3 is 280 Å². The van der Waals surface area contributed by atoms with Crippen LogP contribution < -0.4 is 42.5 Å². The molecular formula is C82H136N8O56. The van der Waals surface area contributed by atoms with Gasteiger partial charge in [-0.15, -0.1) is 0 Å². The fourth-order valence-electron chi connectivity index (χ4n) is 19.1. The van der Waals surface area contributed by atoms with Crippen LogP contribution in [0.1, 0.15) is 55.4 Å². The molecule has 11 fully saturated rings. The maximum absolute atomic E-state index is 13.6. The summed E-state index contributed by atoms with van der Waals surface area (Å²) in [5.74, 6) is -7.52. The van der Waals surface area contributed by atoms with Crippen LogP contribution in [0.3, 0.4) is 0 Å². The van der Waals surface area contributed by atoms with Crippen molar-refractivity contribution in [2.75, 3.05) is 72.7 Å². The third-order valence-electron chi connectivity index (χ3n) is 26.2. The average molecular weight is 2130 g/mol. The molecule has 0 saturated carbocycles. The van der Waals surface area contributed by atoms with Gasteiger partial charge in [0.25, 0.3) is 0 Å². The lowest BCUT2D eigenvalue weighted by Crippen LogP contribution is -2.72. The average Bonchev–Trinajstić information content (AvgIpc) is 0.751. The van der Waals surface area contributed by atoms with E-state index in [1.54, 1.807) is 0 Å². The molecule has 840 valence electrons. The molecule has 0 aliphatic carbocycles. The van der Waals surface area contributed by atoms with Crippen molar-refractivity contribution in [2.24, 2.45) is 0 Å². The lowest BCUT2D eigenvalue weighted by molar-refractivity contribution is -0.406. The third kappa shape index (κ3) is 27.4. The summed E-state index contributed by atoms with van der Waals surface area (Å²) in [5, 5.41) is 329. The molecule has 11 aliphatic rings. The first-order valence-corrected chi connectivity index (χ1v) is 46.6. The minimum atomic E-state index is -2.78. The smallest absolute Gasteiger partial charge is 0.217 e. The van der Waals surface area contributed by atoms with E-state index in [-0.39, 0.29) is 0 Å². The SMILES string of the molecule is CC(=O)N[C@@H]1[C@@H](O)[C@H](O[C@@H]2O[C@H](CO)[C@@H](O[C@@H]3O[C@H](CO[C@H]4O[C@H](CO)[C@@H](O)[C@H](O)[C@@H]4O[C@@H]4O[C@H](CO)[C@@H](O[C@@H]5O[C@H](CO)[C@H](O)[C@H](O)[C@H]5NC(C)=O)[C@H](O)[C@H]4NC(C)=O)[C@@H](O)[C@H](O[C@H]4O[C@H](CO)[C@@H](O[C@@H]5O[C@H](CO)[C@@H](O[C@@H]6O[C@H](CO)[C@H](O)[C@H](O)[C@H]6NC(C)=O)[C@H](O)[C@H]5NC(C)=O)[C@H](O)[C@@H]4O[C@@H]4O[C@H](CO)[C@@H](O[C@@H]5O[C@H](CO)[C@H](O)[C@H](O)[C@H]5NC(C)=O)[C@H](O)[C@H]4NC(C)=O)[C@@H]3O)[C@H](O)[C@H]2NC(C)=O)[C@@H](CO)O[C@H]1O. The topological polar surface area (TPSA) is 973 Å². The van der Waals surface area contributed by atoms with Gasteiger partial charge in [-0.2, -0.15) is 0 Å². The van der Waals surface area contributed by atoms with Gasteiger partial charge in [-0.3, -0.25) is 38.4 Å². The first-order valence-electron chi connectivity index (χ1n) is 46.6. The number of ether oxygens (including phenoxy) is 21. The molecule has 11 aliphatic heterocycles. The highest BCUT2D eigenvalue weighted by Gasteiger charge is 2.64. The second-order valence-corrected chi connectivity index (χ2v) is 36.7. The number of aliphatic hydroxyl groups excluding tert-OH is 27. The van der Waals surface area contributed by atoms with Crippen molar-refractivity contribution in [1.29, 1.82) is 0 Å². The van der Waals surface area contributed by atoms with Crippen molar-refractivity contribution in [2.45, 2.75) is 393 Å². The fraction of sp³-hybridized carbons (Fsp3) is 0.902. The molecule has 0 aromatic rings. The van der Waals surface area contributed by atoms with Gasteiger partial charge in [0.2, 0.25) is 47.3 Å². The highest BCUT2D eigenvalue weighted by molar-refractivity contribution is 5.76. The summed E-state index contributed by atoms with van der Waals surface area (Å²) in [4.78, 5) is 103. The van der Waals surface area contributed by atoms with E-state index in [1.165, 1.54) is 0 Å². The second-order valence-electron chi connectivity index (χ2n) is 36.7. The molecule has 11 saturated heterocycles. The normalized spacial score (nSPS) is 46.5. The number of carbonyl (C=O) groups is 8. The zero-order chi connectivity index (χ0) is 108. The first-order chi connectivity index (χ1) is 69.1. The van der Waals surface area contributed by atoms with Crippen LogP contribution in [0.2, 0.25) is 0 Å². The minimum absolute atomic E-state index is 0.836. The molecule has 0 bridgehead atoms. The third-order valence-corrected chi connectivity index (χ3v) is 26.2. The van der Waals surface area contributed by atoms with E-state index < -0.39 is 457 Å². The second kappa shape index (κ2) is 53.1. The Morgan fingerprint density at radius 1 is 0.178 bits per heavy atom. The van der Waals surface area contributed by atoms with E-state index in [9.17, 15) is 176 Å². The highest BCUT2D eigenvalue weighted by atomic mass is 16.8. The molecule has 11 heterocycles. The number of aliphatic hydroxyl groups is 27. The Balaban J connectivity index is 0.999. The predicted octanol–water partition coefficient (Wildman–Crippen LogP) is -23.8. The van der Waals surface area contributed by atoms with Gasteiger partial charge in [-0.25, -0.2) is 0 Å². The quantitative estimate of drug-likeness (QED) is 0.0272. The number of hydrogen-bond donors (Lipinski definition) is 35. The van der Waals surface area contributed by atoms with Crippen molar-refractivity contribution in [3.05, 3.63) is 0 Å². The van der Waals surface area contributed by atoms with E-state index in [1.807, 2.05) is 0 Å². The molecule has 55 atom stereocenters. The summed E-state index contributed by atoms with van der Waals surface area (Å²) in [7, 11) is 0. The van der Waals surface area contributed by atoms with Crippen molar-refractivity contribution in [1.82, 2.24) is 42.5 Å². The Morgan fingerprint density at radius 3 is 0.644 bits per heavy atom. The Morgan fingerprint density at radius 2 is 0.370 bits per heavy atom. The molecule has 11 rings (SSSR count). The van der Waals surface area contributed by atoms with Crippen molar-refractivity contribution >= 4 is 47.3 Å². The molecule has 146 heavy (non-hydrogen) atoms. The molecule has 8 amide bonds. The number of hydrogen-bond acceptors (Lipinski definition) is 56. The predicted molar refractivity (Wildman–Crippen MR) is 455 cm³/mol. The van der Waals surface area contributed by atoms with Crippen LogP contribution in [0.15, 0.2) is 0 Å². The maximum atomic E-state index is 13.6. The van der Waals surface area contributed by atoms with Gasteiger partial charge in [0.1, 0.15) is 268 Å². The summed E-state index contributed by atoms with van der Waals surface area (Å²) in [5.41, 5.74) is 0. The number of nitrogens with one attached hydrogen (secondary N) is 8. The molecule has 0 unspecified atom stereocenters. The van der Waals surface area contributed by atoms with E-state index in [0.717, 1.165) is 55.4 Å². The van der Waals surface area contributed by atoms with Gasteiger partial charge in [-0.1, -0.05) is 0 Å². The summed E-state index contributed by atoms with van der Waals surface area (Å²) < 4.78 is 129. The van der Waals surface area contributed by atoms with Crippen LogP contribution in [-0.4, -0.2) is 595 Å². The van der Waals surface area contributed by atoms with Crippen LogP contribution >= 0.6 is 0 Å². The van der Waals surface area contributed by atoms with Gasteiger partial charge >= 0.3 is 0 Å². The molecular weight excluding hydrogens is 1990 g/mol. The number of carbonyl (C=O) groups excluding carboxylic acids is 8. The lowest BCUT2D eigenvalue weighted by Gasteiger charge is -2.52. The first kappa shape index (κ1) is 120. The largest absolute Gasteiger partial charge is 0.394 e. The van der Waals surface area contributed by atoms with Crippen LogP contribution in [0.5, 0.6) is 0 Å². The van der Waals surface area contributed by atoms with Gasteiger partial charge in [0.15, 0.2) is 69.2 Å². The van der Waals surface area contributed by atoms with E-state index in [2.05, 4.69) is 42.5 Å². The van der Waals surface area contributed by atoms with E-state index >= 15 is 0 Å². The molecule has 64 nitrogen and oxygen atoms in total. The zero-order valence-corrected chi connectivity index (χ0v) is 79.4. The van der Waals surface area contributed by atoms with Gasteiger partial charge in [-0.05, 0) is 0 Å². The molecule has 35 N–H and O–H groups in total. The lowest BCUT2D eigenvalue weighted by atomic mass is 9.93.